The number of primary amides is 1. The number of nitrogens with zero attached hydrogens (tertiary/aromatic N) is 1. The maximum Gasteiger partial charge on any atom is 0.319 e. The number of anilines is 1. The number of halogens is 1. The number of aryl methyl sites for hydroxylation is 1. The highest BCUT2D eigenvalue weighted by Crippen LogP contribution is 2.24. The van der Waals surface area contributed by atoms with Gasteiger partial charge in [0.2, 0.25) is 0 Å². The van der Waals surface area contributed by atoms with Crippen molar-refractivity contribution in [2.75, 3.05) is 18.0 Å². The molecule has 0 fully saturated rings. The maximum absolute atomic E-state index is 11.6. The van der Waals surface area contributed by atoms with E-state index < -0.39 is 6.03 Å². The third-order valence-electron chi connectivity index (χ3n) is 2.84. The highest BCUT2D eigenvalue weighted by atomic mass is 35.5. The van der Waals surface area contributed by atoms with Gasteiger partial charge in [-0.3, -0.25) is 4.90 Å². The zero-order valence-electron chi connectivity index (χ0n) is 11.7. The van der Waals surface area contributed by atoms with E-state index in [1.54, 1.807) is 17.0 Å². The first-order valence-electron chi connectivity index (χ1n) is 6.48. The molecule has 0 radical (unpaired) electrons. The van der Waals surface area contributed by atoms with Crippen LogP contribution in [0.3, 0.4) is 0 Å². The third-order valence-corrected chi connectivity index (χ3v) is 3.07. The van der Waals surface area contributed by atoms with E-state index in [-0.39, 0.29) is 0 Å². The van der Waals surface area contributed by atoms with Crippen LogP contribution < -0.4 is 16.0 Å². The smallest absolute Gasteiger partial charge is 0.319 e. The Hall–Kier alpha value is -1.26. The van der Waals surface area contributed by atoms with Crippen LogP contribution in [0.1, 0.15) is 25.8 Å². The molecule has 0 spiro atoms. The van der Waals surface area contributed by atoms with Crippen LogP contribution in [0.4, 0.5) is 10.5 Å². The molecular weight excluding hydrogens is 262 g/mol. The fourth-order valence-corrected chi connectivity index (χ4v) is 2.02. The molecular formula is C14H22ClN3O. The lowest BCUT2D eigenvalue weighted by atomic mass is 10.2. The summed E-state index contributed by atoms with van der Waals surface area (Å²) in [6, 6.07) is 5.46. The lowest BCUT2D eigenvalue weighted by Crippen LogP contribution is -2.38. The summed E-state index contributed by atoms with van der Waals surface area (Å²) < 4.78 is 0. The van der Waals surface area contributed by atoms with Gasteiger partial charge in [0.15, 0.2) is 0 Å². The van der Waals surface area contributed by atoms with Crippen molar-refractivity contribution in [1.82, 2.24) is 5.32 Å². The van der Waals surface area contributed by atoms with Crippen LogP contribution in [-0.2, 0) is 0 Å². The van der Waals surface area contributed by atoms with E-state index in [0.29, 0.717) is 17.6 Å². The molecule has 2 amide bonds. The van der Waals surface area contributed by atoms with E-state index in [4.69, 9.17) is 17.3 Å². The second kappa shape index (κ2) is 7.36. The molecule has 0 heterocycles. The predicted molar refractivity (Wildman–Crippen MR) is 80.9 cm³/mol. The maximum atomic E-state index is 11.6. The first kappa shape index (κ1) is 15.8. The minimum absolute atomic E-state index is 0.440. The zero-order chi connectivity index (χ0) is 14.4. The Morgan fingerprint density at radius 2 is 2.16 bits per heavy atom. The number of rotatable bonds is 6. The highest BCUT2D eigenvalue weighted by molar-refractivity contribution is 6.31. The molecule has 0 saturated heterocycles. The van der Waals surface area contributed by atoms with Gasteiger partial charge < -0.3 is 11.1 Å². The highest BCUT2D eigenvalue weighted by Gasteiger charge is 2.14. The SMILES string of the molecule is Cc1ccc(Cl)cc1N(CCCNC(C)C)C(N)=O. The van der Waals surface area contributed by atoms with Crippen molar-refractivity contribution in [1.29, 1.82) is 0 Å². The van der Waals surface area contributed by atoms with Crippen LogP contribution in [-0.4, -0.2) is 25.2 Å². The second-order valence-corrected chi connectivity index (χ2v) is 5.32. The molecule has 19 heavy (non-hydrogen) atoms. The van der Waals surface area contributed by atoms with Crippen molar-refractivity contribution in [3.05, 3.63) is 28.8 Å². The summed E-state index contributed by atoms with van der Waals surface area (Å²) in [5.41, 5.74) is 7.22. The number of hydrogen-bond donors (Lipinski definition) is 2. The van der Waals surface area contributed by atoms with Gasteiger partial charge >= 0.3 is 6.03 Å². The van der Waals surface area contributed by atoms with Gasteiger partial charge in [0.05, 0.1) is 0 Å². The number of carbonyl (C=O) groups excluding carboxylic acids is 1. The van der Waals surface area contributed by atoms with Gasteiger partial charge in [-0.25, -0.2) is 4.79 Å². The van der Waals surface area contributed by atoms with Crippen molar-refractivity contribution in [2.45, 2.75) is 33.2 Å². The molecule has 106 valence electrons. The molecule has 0 aromatic heterocycles. The van der Waals surface area contributed by atoms with Crippen LogP contribution in [0.25, 0.3) is 0 Å². The van der Waals surface area contributed by atoms with Crippen LogP contribution in [0.5, 0.6) is 0 Å². The summed E-state index contributed by atoms with van der Waals surface area (Å²) in [6.45, 7) is 7.55. The second-order valence-electron chi connectivity index (χ2n) is 4.88. The van der Waals surface area contributed by atoms with Crippen LogP contribution >= 0.6 is 11.6 Å². The Balaban J connectivity index is 2.72. The molecule has 0 aliphatic rings. The topological polar surface area (TPSA) is 58.4 Å². The number of amides is 2. The molecule has 0 atom stereocenters. The Labute approximate surface area is 119 Å². The molecule has 5 heteroatoms. The van der Waals surface area contributed by atoms with Crippen LogP contribution in [0.2, 0.25) is 5.02 Å². The largest absolute Gasteiger partial charge is 0.351 e. The molecule has 0 aliphatic heterocycles. The molecule has 0 unspecified atom stereocenters. The number of benzene rings is 1. The summed E-state index contributed by atoms with van der Waals surface area (Å²) in [5.74, 6) is 0. The minimum Gasteiger partial charge on any atom is -0.351 e. The van der Waals surface area contributed by atoms with Crippen molar-refractivity contribution in [3.8, 4) is 0 Å². The average molecular weight is 284 g/mol. The Bertz CT molecular complexity index is 435. The molecule has 1 rings (SSSR count). The predicted octanol–water partition coefficient (Wildman–Crippen LogP) is 2.92. The van der Waals surface area contributed by atoms with Crippen molar-refractivity contribution in [2.24, 2.45) is 5.73 Å². The number of carbonyl (C=O) groups is 1. The summed E-state index contributed by atoms with van der Waals surface area (Å²) in [4.78, 5) is 13.1. The number of hydrogen-bond acceptors (Lipinski definition) is 2. The standard InChI is InChI=1S/C14H22ClN3O/c1-10(2)17-7-4-8-18(14(16)19)13-9-12(15)6-5-11(13)3/h5-6,9-10,17H,4,7-8H2,1-3H3,(H2,16,19). The minimum atomic E-state index is -0.449. The molecule has 0 saturated carbocycles. The van der Waals surface area contributed by atoms with Gasteiger partial charge in [-0.2, -0.15) is 0 Å². The quantitative estimate of drug-likeness (QED) is 0.789. The van der Waals surface area contributed by atoms with E-state index >= 15 is 0 Å². The first-order valence-corrected chi connectivity index (χ1v) is 6.86. The molecule has 0 aliphatic carbocycles. The van der Waals surface area contributed by atoms with Gasteiger partial charge in [0.25, 0.3) is 0 Å². The van der Waals surface area contributed by atoms with Gasteiger partial charge in [0, 0.05) is 23.3 Å². The Morgan fingerprint density at radius 3 is 2.74 bits per heavy atom. The molecule has 0 bridgehead atoms. The van der Waals surface area contributed by atoms with E-state index in [1.165, 1.54) is 0 Å². The van der Waals surface area contributed by atoms with Gasteiger partial charge in [0.1, 0.15) is 0 Å². The average Bonchev–Trinajstić information content (AvgIpc) is 2.32. The normalized spacial score (nSPS) is 10.8. The Morgan fingerprint density at radius 1 is 1.47 bits per heavy atom. The molecule has 1 aromatic rings. The molecule has 4 nitrogen and oxygen atoms in total. The number of urea groups is 1. The van der Waals surface area contributed by atoms with E-state index in [2.05, 4.69) is 19.2 Å². The summed E-state index contributed by atoms with van der Waals surface area (Å²) >= 11 is 5.98. The zero-order valence-corrected chi connectivity index (χ0v) is 12.5. The fourth-order valence-electron chi connectivity index (χ4n) is 1.85. The number of nitrogens with one attached hydrogen (secondary N) is 1. The Kier molecular flexibility index (Phi) is 6.12. The van der Waals surface area contributed by atoms with Crippen LogP contribution in [0.15, 0.2) is 18.2 Å². The van der Waals surface area contributed by atoms with Crippen molar-refractivity contribution in [3.63, 3.8) is 0 Å². The van der Waals surface area contributed by atoms with E-state index in [9.17, 15) is 4.79 Å². The summed E-state index contributed by atoms with van der Waals surface area (Å²) in [6.07, 6.45) is 0.840. The molecule has 1 aromatic carbocycles. The first-order chi connectivity index (χ1) is 8.91. The lowest BCUT2D eigenvalue weighted by molar-refractivity contribution is 0.253. The molecule has 3 N–H and O–H groups in total. The summed E-state index contributed by atoms with van der Waals surface area (Å²) in [5, 5.41) is 3.92. The third kappa shape index (κ3) is 5.09. The van der Waals surface area contributed by atoms with E-state index in [1.807, 2.05) is 13.0 Å². The van der Waals surface area contributed by atoms with E-state index in [0.717, 1.165) is 24.2 Å². The number of nitrogens with two attached hydrogens (primary N) is 1. The lowest BCUT2D eigenvalue weighted by Gasteiger charge is -2.23. The summed E-state index contributed by atoms with van der Waals surface area (Å²) in [7, 11) is 0. The van der Waals surface area contributed by atoms with Gasteiger partial charge in [-0.1, -0.05) is 31.5 Å². The van der Waals surface area contributed by atoms with Crippen molar-refractivity contribution < 1.29 is 4.79 Å². The monoisotopic (exact) mass is 283 g/mol. The fraction of sp³-hybridized carbons (Fsp3) is 0.500. The van der Waals surface area contributed by atoms with Crippen LogP contribution in [0, 0.1) is 6.92 Å². The van der Waals surface area contributed by atoms with Crippen molar-refractivity contribution >= 4 is 23.3 Å². The van der Waals surface area contributed by atoms with Gasteiger partial charge in [-0.15, -0.1) is 0 Å². The van der Waals surface area contributed by atoms with Gasteiger partial charge in [-0.05, 0) is 37.6 Å².